The van der Waals surface area contributed by atoms with Crippen molar-refractivity contribution in [1.29, 1.82) is 0 Å². The molecule has 0 radical (unpaired) electrons. The van der Waals surface area contributed by atoms with E-state index in [1.807, 2.05) is 4.90 Å². The molecule has 122 valence electrons. The summed E-state index contributed by atoms with van der Waals surface area (Å²) in [4.78, 5) is 12.5. The highest BCUT2D eigenvalue weighted by Crippen LogP contribution is 2.32. The third kappa shape index (κ3) is 3.37. The zero-order valence-electron chi connectivity index (χ0n) is 12.5. The lowest BCUT2D eigenvalue weighted by molar-refractivity contribution is -0.384. The molecule has 0 spiro atoms. The van der Waals surface area contributed by atoms with E-state index in [4.69, 9.17) is 4.74 Å². The maximum atomic E-state index is 11.8. The Labute approximate surface area is 129 Å². The number of anilines is 1. The number of ether oxygens (including phenoxy) is 1. The molecule has 0 aliphatic carbocycles. The fourth-order valence-corrected chi connectivity index (χ4v) is 3.30. The number of rotatable bonds is 5. The molecule has 1 saturated heterocycles. The monoisotopic (exact) mass is 329 g/mol. The smallest absolute Gasteiger partial charge is 0.293 e. The van der Waals surface area contributed by atoms with Crippen LogP contribution >= 0.6 is 0 Å². The SMILES string of the molecule is CNS(=O)(=O)c1ccc(N2CCCC(OC)C2)c([N+](=O)[O-])c1. The van der Waals surface area contributed by atoms with Gasteiger partial charge < -0.3 is 9.64 Å². The van der Waals surface area contributed by atoms with E-state index in [2.05, 4.69) is 4.72 Å². The van der Waals surface area contributed by atoms with Gasteiger partial charge in [-0.1, -0.05) is 0 Å². The fourth-order valence-electron chi connectivity index (χ4n) is 2.55. The van der Waals surface area contributed by atoms with Gasteiger partial charge in [-0.25, -0.2) is 13.1 Å². The first-order valence-electron chi connectivity index (χ1n) is 6.88. The Balaban J connectivity index is 2.42. The fraction of sp³-hybridized carbons (Fsp3) is 0.538. The molecule has 1 heterocycles. The Morgan fingerprint density at radius 1 is 1.45 bits per heavy atom. The molecule has 1 atom stereocenters. The van der Waals surface area contributed by atoms with Gasteiger partial charge in [0.15, 0.2) is 0 Å². The summed E-state index contributed by atoms with van der Waals surface area (Å²) in [5.41, 5.74) is 0.204. The van der Waals surface area contributed by atoms with Gasteiger partial charge in [0.25, 0.3) is 5.69 Å². The second-order valence-corrected chi connectivity index (χ2v) is 6.95. The van der Waals surface area contributed by atoms with Crippen molar-refractivity contribution in [2.24, 2.45) is 0 Å². The normalized spacial score (nSPS) is 19.2. The van der Waals surface area contributed by atoms with Crippen LogP contribution in [-0.4, -0.2) is 46.7 Å². The van der Waals surface area contributed by atoms with Crippen LogP contribution in [0.2, 0.25) is 0 Å². The molecule has 1 aliphatic heterocycles. The van der Waals surface area contributed by atoms with Gasteiger partial charge >= 0.3 is 0 Å². The Hall–Kier alpha value is -1.71. The number of hydrogen-bond donors (Lipinski definition) is 1. The van der Waals surface area contributed by atoms with Gasteiger partial charge in [0, 0.05) is 26.3 Å². The van der Waals surface area contributed by atoms with Gasteiger partial charge in [0.1, 0.15) is 5.69 Å². The summed E-state index contributed by atoms with van der Waals surface area (Å²) in [5.74, 6) is 0. The van der Waals surface area contributed by atoms with Crippen molar-refractivity contribution in [1.82, 2.24) is 4.72 Å². The van der Waals surface area contributed by atoms with Gasteiger partial charge in [-0.05, 0) is 32.0 Å². The molecule has 1 unspecified atom stereocenters. The van der Waals surface area contributed by atoms with Crippen LogP contribution in [0.5, 0.6) is 0 Å². The molecule has 22 heavy (non-hydrogen) atoms. The molecule has 1 aliphatic rings. The Bertz CT molecular complexity index is 662. The summed E-state index contributed by atoms with van der Waals surface area (Å²) < 4.78 is 31.1. The van der Waals surface area contributed by atoms with Gasteiger partial charge in [-0.15, -0.1) is 0 Å². The lowest BCUT2D eigenvalue weighted by atomic mass is 10.1. The van der Waals surface area contributed by atoms with Crippen LogP contribution in [0.15, 0.2) is 23.1 Å². The number of nitrogens with zero attached hydrogens (tertiary/aromatic N) is 2. The maximum Gasteiger partial charge on any atom is 0.293 e. The Morgan fingerprint density at radius 3 is 2.77 bits per heavy atom. The first-order chi connectivity index (χ1) is 10.4. The molecule has 1 aromatic rings. The van der Waals surface area contributed by atoms with Crippen molar-refractivity contribution >= 4 is 21.4 Å². The molecular weight excluding hydrogens is 310 g/mol. The maximum absolute atomic E-state index is 11.8. The third-order valence-corrected chi connectivity index (χ3v) is 5.19. The van der Waals surface area contributed by atoms with Crippen LogP contribution in [-0.2, 0) is 14.8 Å². The van der Waals surface area contributed by atoms with Crippen molar-refractivity contribution in [2.45, 2.75) is 23.8 Å². The zero-order valence-corrected chi connectivity index (χ0v) is 13.3. The van der Waals surface area contributed by atoms with E-state index in [1.165, 1.54) is 19.2 Å². The summed E-state index contributed by atoms with van der Waals surface area (Å²) in [6, 6.07) is 3.96. The number of methoxy groups -OCH3 is 1. The molecule has 1 N–H and O–H groups in total. The van der Waals surface area contributed by atoms with Gasteiger partial charge in [-0.3, -0.25) is 10.1 Å². The molecule has 2 rings (SSSR count). The molecule has 8 nitrogen and oxygen atoms in total. The van der Waals surface area contributed by atoms with Crippen LogP contribution in [0.1, 0.15) is 12.8 Å². The van der Waals surface area contributed by atoms with Crippen molar-refractivity contribution in [2.75, 3.05) is 32.1 Å². The van der Waals surface area contributed by atoms with Crippen molar-refractivity contribution in [3.05, 3.63) is 28.3 Å². The lowest BCUT2D eigenvalue weighted by Gasteiger charge is -2.33. The number of benzene rings is 1. The van der Waals surface area contributed by atoms with Crippen molar-refractivity contribution in [3.63, 3.8) is 0 Å². The highest BCUT2D eigenvalue weighted by atomic mass is 32.2. The molecule has 0 saturated carbocycles. The van der Waals surface area contributed by atoms with Crippen LogP contribution in [0.3, 0.4) is 0 Å². The number of nitro benzene ring substituents is 1. The molecule has 1 aromatic carbocycles. The van der Waals surface area contributed by atoms with E-state index in [9.17, 15) is 18.5 Å². The molecule has 0 aromatic heterocycles. The van der Waals surface area contributed by atoms with Crippen molar-refractivity contribution in [3.8, 4) is 0 Å². The second-order valence-electron chi connectivity index (χ2n) is 5.06. The van der Waals surface area contributed by atoms with E-state index in [0.29, 0.717) is 18.8 Å². The number of piperidine rings is 1. The Morgan fingerprint density at radius 2 is 2.18 bits per heavy atom. The summed E-state index contributed by atoms with van der Waals surface area (Å²) in [6.45, 7) is 1.23. The number of hydrogen-bond acceptors (Lipinski definition) is 6. The van der Waals surface area contributed by atoms with Crippen LogP contribution in [0, 0.1) is 10.1 Å². The minimum Gasteiger partial charge on any atom is -0.380 e. The largest absolute Gasteiger partial charge is 0.380 e. The third-order valence-electron chi connectivity index (χ3n) is 3.77. The quantitative estimate of drug-likeness (QED) is 0.641. The highest BCUT2D eigenvalue weighted by Gasteiger charge is 2.27. The number of nitro groups is 1. The van der Waals surface area contributed by atoms with Gasteiger partial charge in [-0.2, -0.15) is 0 Å². The Kier molecular flexibility index (Phi) is 4.99. The molecule has 0 amide bonds. The van der Waals surface area contributed by atoms with Crippen LogP contribution < -0.4 is 9.62 Å². The molecule has 9 heteroatoms. The van der Waals surface area contributed by atoms with E-state index >= 15 is 0 Å². The first kappa shape index (κ1) is 16.7. The second kappa shape index (κ2) is 6.59. The van der Waals surface area contributed by atoms with Crippen LogP contribution in [0.25, 0.3) is 0 Å². The molecular formula is C13H19N3O5S. The predicted octanol–water partition coefficient (Wildman–Crippen LogP) is 1.12. The number of nitrogens with one attached hydrogen (secondary N) is 1. The average Bonchev–Trinajstić information content (AvgIpc) is 2.54. The summed E-state index contributed by atoms with van der Waals surface area (Å²) in [7, 11) is -0.832. The van der Waals surface area contributed by atoms with E-state index < -0.39 is 14.9 Å². The van der Waals surface area contributed by atoms with Crippen LogP contribution in [0.4, 0.5) is 11.4 Å². The lowest BCUT2D eigenvalue weighted by Crippen LogP contribution is -2.39. The topological polar surface area (TPSA) is 102 Å². The van der Waals surface area contributed by atoms with E-state index in [1.54, 1.807) is 7.11 Å². The first-order valence-corrected chi connectivity index (χ1v) is 8.37. The van der Waals surface area contributed by atoms with E-state index in [0.717, 1.165) is 18.9 Å². The average molecular weight is 329 g/mol. The summed E-state index contributed by atoms with van der Waals surface area (Å²) in [5, 5.41) is 11.3. The van der Waals surface area contributed by atoms with Gasteiger partial charge in [0.05, 0.1) is 15.9 Å². The molecule has 0 bridgehead atoms. The van der Waals surface area contributed by atoms with E-state index in [-0.39, 0.29) is 16.7 Å². The van der Waals surface area contributed by atoms with Gasteiger partial charge in [0.2, 0.25) is 10.0 Å². The highest BCUT2D eigenvalue weighted by molar-refractivity contribution is 7.89. The standard InChI is InChI=1S/C13H19N3O5S/c1-14-22(19,20)11-5-6-12(13(8-11)16(17)18)15-7-3-4-10(9-15)21-2/h5-6,8,10,14H,3-4,7,9H2,1-2H3. The zero-order chi connectivity index (χ0) is 16.3. The predicted molar refractivity (Wildman–Crippen MR) is 81.6 cm³/mol. The summed E-state index contributed by atoms with van der Waals surface area (Å²) >= 11 is 0. The minimum atomic E-state index is -3.71. The van der Waals surface area contributed by atoms with Crippen molar-refractivity contribution < 1.29 is 18.1 Å². The summed E-state index contributed by atoms with van der Waals surface area (Å²) in [6.07, 6.45) is 1.80. The minimum absolute atomic E-state index is 0.0223. The molecule has 1 fully saturated rings. The number of sulfonamides is 1.